The Morgan fingerprint density at radius 2 is 1.86 bits per heavy atom. The molecule has 160 valence electrons. The number of nitrogens with two attached hydrogens (primary N) is 2. The molecule has 8 N–H and O–H groups in total. The van der Waals surface area contributed by atoms with Gasteiger partial charge in [-0.25, -0.2) is 13.9 Å². The van der Waals surface area contributed by atoms with Crippen LogP contribution in [0.25, 0.3) is 0 Å². The second kappa shape index (κ2) is 9.07. The molecule has 2 heterocycles. The van der Waals surface area contributed by atoms with Crippen molar-refractivity contribution in [2.24, 2.45) is 5.73 Å². The van der Waals surface area contributed by atoms with Gasteiger partial charge in [0, 0.05) is 12.7 Å². The normalized spacial score (nSPS) is 29.3. The van der Waals surface area contributed by atoms with Gasteiger partial charge in [-0.15, -0.1) is 0 Å². The van der Waals surface area contributed by atoms with E-state index in [9.17, 15) is 33.9 Å². The van der Waals surface area contributed by atoms with E-state index < -0.39 is 59.1 Å². The van der Waals surface area contributed by atoms with E-state index in [2.05, 4.69) is 18.3 Å². The Morgan fingerprint density at radius 3 is 2.46 bits per heavy atom. The summed E-state index contributed by atoms with van der Waals surface area (Å²) in [6.45, 7) is -1.40. The molecule has 28 heavy (non-hydrogen) atoms. The van der Waals surface area contributed by atoms with Gasteiger partial charge in [0.2, 0.25) is 0 Å². The highest BCUT2D eigenvalue weighted by atomic mass is 31.3. The molecule has 1 aromatic heterocycles. The van der Waals surface area contributed by atoms with Crippen LogP contribution < -0.4 is 17.2 Å². The van der Waals surface area contributed by atoms with Crippen LogP contribution in [0.2, 0.25) is 0 Å². The van der Waals surface area contributed by atoms with Gasteiger partial charge in [-0.2, -0.15) is 9.29 Å². The minimum atomic E-state index is -5.11. The quantitative estimate of drug-likeness (QED) is 0.218. The zero-order chi connectivity index (χ0) is 21.1. The van der Waals surface area contributed by atoms with Gasteiger partial charge in [0.1, 0.15) is 24.1 Å². The predicted octanol–water partition coefficient (Wildman–Crippen LogP) is -2.35. The number of phosphoric acid groups is 2. The SMILES string of the molecule is NCCOP(=O)(O)OP(=O)(O)OC[C@@H]1O[C@H](n2ccc(N)nc2=O)[C@H](O)[C@H]1O. The summed E-state index contributed by atoms with van der Waals surface area (Å²) >= 11 is 0. The van der Waals surface area contributed by atoms with Gasteiger partial charge in [-0.05, 0) is 6.07 Å². The Balaban J connectivity index is 2.02. The van der Waals surface area contributed by atoms with Gasteiger partial charge < -0.3 is 36.2 Å². The third-order valence-corrected chi connectivity index (χ3v) is 6.08. The number of nitrogen functional groups attached to an aromatic ring is 1. The number of rotatable bonds is 9. The smallest absolute Gasteiger partial charge is 0.387 e. The van der Waals surface area contributed by atoms with Crippen LogP contribution in [0.4, 0.5) is 5.82 Å². The highest BCUT2D eigenvalue weighted by Gasteiger charge is 2.46. The second-order valence-electron chi connectivity index (χ2n) is 5.52. The van der Waals surface area contributed by atoms with Crippen LogP contribution in [0.3, 0.4) is 0 Å². The summed E-state index contributed by atoms with van der Waals surface area (Å²) in [7, 11) is -10.0. The van der Waals surface area contributed by atoms with Crippen LogP contribution in [0.15, 0.2) is 17.1 Å². The Labute approximate surface area is 157 Å². The second-order valence-corrected chi connectivity index (χ2v) is 8.57. The fourth-order valence-electron chi connectivity index (χ4n) is 2.23. The number of aliphatic hydroxyl groups excluding tert-OH is 2. The van der Waals surface area contributed by atoms with Gasteiger partial charge in [-0.1, -0.05) is 0 Å². The van der Waals surface area contributed by atoms with Crippen molar-refractivity contribution in [2.45, 2.75) is 24.5 Å². The standard InChI is InChI=1S/C11H20N4O11P2/c12-2-4-23-27(19,20)26-28(21,22)24-5-6-8(16)9(17)10(25-6)15-3-1-7(13)14-11(15)18/h1,3,6,8-10,16-17H,2,4-5,12H2,(H,19,20)(H,21,22)(H2,13,14,18)/t6-,8-,9+,10-/m0/s1. The first-order valence-electron chi connectivity index (χ1n) is 7.68. The number of aromatic nitrogens is 2. The van der Waals surface area contributed by atoms with Crippen molar-refractivity contribution in [1.82, 2.24) is 9.55 Å². The van der Waals surface area contributed by atoms with Crippen LogP contribution in [-0.2, 0) is 27.2 Å². The minimum absolute atomic E-state index is 0.0715. The Hall–Kier alpha value is -1.22. The number of ether oxygens (including phenoxy) is 1. The number of hydrogen-bond donors (Lipinski definition) is 6. The van der Waals surface area contributed by atoms with Crippen molar-refractivity contribution in [3.05, 3.63) is 22.7 Å². The average Bonchev–Trinajstić information content (AvgIpc) is 2.86. The zero-order valence-corrected chi connectivity index (χ0v) is 16.0. The van der Waals surface area contributed by atoms with Crippen molar-refractivity contribution in [2.75, 3.05) is 25.5 Å². The monoisotopic (exact) mass is 446 g/mol. The van der Waals surface area contributed by atoms with Crippen LogP contribution in [0.5, 0.6) is 0 Å². The lowest BCUT2D eigenvalue weighted by Crippen LogP contribution is -2.36. The summed E-state index contributed by atoms with van der Waals surface area (Å²) < 4.78 is 42.2. The highest BCUT2D eigenvalue weighted by Crippen LogP contribution is 2.60. The number of nitrogens with zero attached hydrogens (tertiary/aromatic N) is 2. The molecule has 0 aliphatic carbocycles. The van der Waals surface area contributed by atoms with E-state index in [4.69, 9.17) is 16.2 Å². The number of anilines is 1. The first kappa shape index (κ1) is 23.1. The van der Waals surface area contributed by atoms with Gasteiger partial charge in [-0.3, -0.25) is 13.6 Å². The molecule has 1 saturated heterocycles. The van der Waals surface area contributed by atoms with Gasteiger partial charge in [0.05, 0.1) is 13.2 Å². The Kier molecular flexibility index (Phi) is 7.47. The first-order valence-corrected chi connectivity index (χ1v) is 10.7. The maximum absolute atomic E-state index is 11.8. The number of aliphatic hydroxyl groups is 2. The van der Waals surface area contributed by atoms with Gasteiger partial charge >= 0.3 is 21.3 Å². The summed E-state index contributed by atoms with van der Waals surface area (Å²) in [6.07, 6.45) is -4.86. The van der Waals surface area contributed by atoms with E-state index in [1.807, 2.05) is 0 Å². The Bertz CT molecular complexity index is 835. The molecule has 0 bridgehead atoms. The molecule has 0 radical (unpaired) electrons. The minimum Gasteiger partial charge on any atom is -0.387 e. The van der Waals surface area contributed by atoms with E-state index in [1.54, 1.807) is 0 Å². The van der Waals surface area contributed by atoms with Crippen LogP contribution in [-0.4, -0.2) is 67.6 Å². The van der Waals surface area contributed by atoms with E-state index in [1.165, 1.54) is 12.3 Å². The van der Waals surface area contributed by atoms with Gasteiger partial charge in [0.25, 0.3) is 0 Å². The summed E-state index contributed by atoms with van der Waals surface area (Å²) in [5, 5.41) is 20.1. The van der Waals surface area contributed by atoms with Crippen LogP contribution >= 0.6 is 15.6 Å². The number of hydrogen-bond acceptors (Lipinski definition) is 12. The summed E-state index contributed by atoms with van der Waals surface area (Å²) in [5.41, 5.74) is 9.56. The summed E-state index contributed by atoms with van der Waals surface area (Å²) in [5.74, 6) is -0.0715. The molecular weight excluding hydrogens is 426 g/mol. The van der Waals surface area contributed by atoms with Crippen molar-refractivity contribution in [1.29, 1.82) is 0 Å². The lowest BCUT2D eigenvalue weighted by Gasteiger charge is -2.19. The molecule has 1 aliphatic heterocycles. The third-order valence-electron chi connectivity index (χ3n) is 3.44. The first-order chi connectivity index (χ1) is 13.0. The molecule has 1 fully saturated rings. The average molecular weight is 446 g/mol. The van der Waals surface area contributed by atoms with Crippen molar-refractivity contribution < 1.29 is 47.2 Å². The maximum atomic E-state index is 11.8. The molecule has 0 saturated carbocycles. The fraction of sp³-hybridized carbons (Fsp3) is 0.636. The maximum Gasteiger partial charge on any atom is 0.481 e. The zero-order valence-electron chi connectivity index (χ0n) is 14.2. The van der Waals surface area contributed by atoms with E-state index in [-0.39, 0.29) is 12.4 Å². The molecule has 1 aromatic rings. The lowest BCUT2D eigenvalue weighted by molar-refractivity contribution is -0.0542. The van der Waals surface area contributed by atoms with E-state index in [0.29, 0.717) is 0 Å². The molecule has 17 heteroatoms. The molecule has 15 nitrogen and oxygen atoms in total. The molecular formula is C11H20N4O11P2. The molecule has 0 aromatic carbocycles. The fourth-order valence-corrected chi connectivity index (χ4v) is 4.32. The highest BCUT2D eigenvalue weighted by molar-refractivity contribution is 7.61. The number of phosphoric ester groups is 2. The molecule has 0 spiro atoms. The van der Waals surface area contributed by atoms with Crippen molar-refractivity contribution >= 4 is 21.5 Å². The molecule has 6 atom stereocenters. The molecule has 0 amide bonds. The molecule has 2 unspecified atom stereocenters. The Morgan fingerprint density at radius 1 is 1.21 bits per heavy atom. The molecule has 1 aliphatic rings. The topological polar surface area (TPSA) is 239 Å². The van der Waals surface area contributed by atoms with Crippen LogP contribution in [0.1, 0.15) is 6.23 Å². The largest absolute Gasteiger partial charge is 0.481 e. The van der Waals surface area contributed by atoms with E-state index in [0.717, 1.165) is 4.57 Å². The van der Waals surface area contributed by atoms with E-state index >= 15 is 0 Å². The van der Waals surface area contributed by atoms with Crippen LogP contribution in [0, 0.1) is 0 Å². The third kappa shape index (κ3) is 5.89. The lowest BCUT2D eigenvalue weighted by atomic mass is 10.1. The van der Waals surface area contributed by atoms with Crippen molar-refractivity contribution in [3.63, 3.8) is 0 Å². The van der Waals surface area contributed by atoms with Crippen molar-refractivity contribution in [3.8, 4) is 0 Å². The molecule has 2 rings (SSSR count). The van der Waals surface area contributed by atoms with Gasteiger partial charge in [0.15, 0.2) is 6.23 Å². The summed E-state index contributed by atoms with van der Waals surface area (Å²) in [6, 6.07) is 1.25. The summed E-state index contributed by atoms with van der Waals surface area (Å²) in [4.78, 5) is 34.1. The predicted molar refractivity (Wildman–Crippen MR) is 90.5 cm³/mol.